The van der Waals surface area contributed by atoms with E-state index in [1.165, 1.54) is 30.1 Å². The molecule has 2 N–H and O–H groups in total. The molecule has 0 heterocycles. The van der Waals surface area contributed by atoms with Crippen LogP contribution in [0.2, 0.25) is 0 Å². The Morgan fingerprint density at radius 1 is 0.810 bits per heavy atom. The number of hydrogen-bond acceptors (Lipinski definition) is 2. The molecule has 0 amide bonds. The average Bonchev–Trinajstić information content (AvgIpc) is 3.18. The Labute approximate surface area is 131 Å². The van der Waals surface area contributed by atoms with Crippen LogP contribution in [0.1, 0.15) is 59.8 Å². The van der Waals surface area contributed by atoms with Crippen LogP contribution in [0, 0.1) is 47.3 Å². The molecule has 21 heavy (non-hydrogen) atoms. The van der Waals surface area contributed by atoms with Gasteiger partial charge in [-0.3, -0.25) is 0 Å². The summed E-state index contributed by atoms with van der Waals surface area (Å²) in [5.41, 5.74) is 0. The molecule has 8 atom stereocenters. The molecule has 4 aliphatic rings. The zero-order valence-electron chi connectivity index (χ0n) is 14.5. The van der Waals surface area contributed by atoms with Gasteiger partial charge in [0.15, 0.2) is 0 Å². The molecule has 2 nitrogen and oxygen atoms in total. The van der Waals surface area contributed by atoms with Crippen molar-refractivity contribution in [2.24, 2.45) is 47.3 Å². The Bertz CT molecular complexity index is 315. The molecule has 4 rings (SSSR count). The Morgan fingerprint density at radius 2 is 1.29 bits per heavy atom. The van der Waals surface area contributed by atoms with Gasteiger partial charge in [-0.25, -0.2) is 0 Å². The van der Waals surface area contributed by atoms with Gasteiger partial charge in [-0.05, 0) is 86.9 Å². The molecule has 0 spiro atoms. The fraction of sp³-hybridized carbons (Fsp3) is 1.00. The fourth-order valence-electron chi connectivity index (χ4n) is 6.69. The molecule has 4 aliphatic carbocycles. The first-order valence-electron chi connectivity index (χ1n) is 9.36. The van der Waals surface area contributed by atoms with Crippen molar-refractivity contribution in [3.05, 3.63) is 0 Å². The fourth-order valence-corrected chi connectivity index (χ4v) is 6.69. The highest BCUT2D eigenvalue weighted by Crippen LogP contribution is 2.70. The predicted molar refractivity (Wildman–Crippen MR) is 87.9 cm³/mol. The van der Waals surface area contributed by atoms with Gasteiger partial charge in [0.1, 0.15) is 0 Å². The van der Waals surface area contributed by atoms with E-state index < -0.39 is 0 Å². The van der Waals surface area contributed by atoms with Crippen LogP contribution in [0.5, 0.6) is 0 Å². The molecule has 2 heteroatoms. The lowest BCUT2D eigenvalue weighted by molar-refractivity contribution is 0.0618. The Hall–Kier alpha value is -0.0800. The molecule has 8 unspecified atom stereocenters. The van der Waals surface area contributed by atoms with Crippen molar-refractivity contribution in [2.75, 3.05) is 13.2 Å². The summed E-state index contributed by atoms with van der Waals surface area (Å²) in [7, 11) is 0. The predicted octanol–water partition coefficient (Wildman–Crippen LogP) is 3.96. The van der Waals surface area contributed by atoms with Gasteiger partial charge >= 0.3 is 0 Å². The summed E-state index contributed by atoms with van der Waals surface area (Å²) in [5, 5.41) is 15.1. The number of fused-ring (bicyclic) bond motifs is 9. The van der Waals surface area contributed by atoms with E-state index in [4.69, 9.17) is 10.2 Å². The summed E-state index contributed by atoms with van der Waals surface area (Å²) in [6.45, 7) is 8.87. The normalized spacial score (nSPS) is 48.3. The van der Waals surface area contributed by atoms with E-state index in [9.17, 15) is 0 Å². The van der Waals surface area contributed by atoms with Crippen molar-refractivity contribution in [2.45, 2.75) is 59.8 Å². The van der Waals surface area contributed by atoms with Crippen LogP contribution in [-0.2, 0) is 0 Å². The van der Waals surface area contributed by atoms with E-state index in [1.54, 1.807) is 39.5 Å². The molecular weight excluding hydrogens is 260 g/mol. The zero-order valence-corrected chi connectivity index (χ0v) is 14.5. The number of rotatable bonds is 1. The second-order valence-corrected chi connectivity index (χ2v) is 7.61. The molecule has 4 bridgehead atoms. The smallest absolute Gasteiger partial charge is 0.0402 e. The molecule has 0 saturated heterocycles. The van der Waals surface area contributed by atoms with Crippen LogP contribution in [-0.4, -0.2) is 23.4 Å². The van der Waals surface area contributed by atoms with Crippen LogP contribution in [0.3, 0.4) is 0 Å². The van der Waals surface area contributed by atoms with Crippen molar-refractivity contribution < 1.29 is 10.2 Å². The van der Waals surface area contributed by atoms with E-state index in [0.29, 0.717) is 0 Å². The van der Waals surface area contributed by atoms with Crippen LogP contribution in [0.25, 0.3) is 0 Å². The molecule has 124 valence electrons. The van der Waals surface area contributed by atoms with E-state index in [-0.39, 0.29) is 13.2 Å². The van der Waals surface area contributed by atoms with Crippen molar-refractivity contribution in [1.82, 2.24) is 0 Å². The van der Waals surface area contributed by atoms with E-state index in [2.05, 4.69) is 13.8 Å². The highest BCUT2D eigenvalue weighted by Gasteiger charge is 2.63. The second-order valence-electron chi connectivity index (χ2n) is 7.61. The van der Waals surface area contributed by atoms with Gasteiger partial charge in [-0.1, -0.05) is 20.3 Å². The minimum Gasteiger partial charge on any atom is -0.397 e. The summed E-state index contributed by atoms with van der Waals surface area (Å²) in [6.07, 6.45) is 7.91. The van der Waals surface area contributed by atoms with E-state index >= 15 is 0 Å². The van der Waals surface area contributed by atoms with Gasteiger partial charge in [-0.15, -0.1) is 0 Å². The van der Waals surface area contributed by atoms with Crippen LogP contribution >= 0.6 is 0 Å². The second kappa shape index (κ2) is 7.46. The third-order valence-electron chi connectivity index (χ3n) is 6.95. The van der Waals surface area contributed by atoms with Crippen molar-refractivity contribution in [3.63, 3.8) is 0 Å². The van der Waals surface area contributed by atoms with Gasteiger partial charge in [0.05, 0.1) is 0 Å². The summed E-state index contributed by atoms with van der Waals surface area (Å²) in [4.78, 5) is 0. The van der Waals surface area contributed by atoms with Gasteiger partial charge in [0.2, 0.25) is 0 Å². The quantitative estimate of drug-likeness (QED) is 0.719. The van der Waals surface area contributed by atoms with E-state index in [0.717, 1.165) is 23.7 Å². The number of hydrogen-bond donors (Lipinski definition) is 2. The molecular formula is C19H36O2. The Kier molecular flexibility index (Phi) is 6.14. The highest BCUT2D eigenvalue weighted by molar-refractivity contribution is 5.12. The third-order valence-corrected chi connectivity index (χ3v) is 6.95. The van der Waals surface area contributed by atoms with E-state index in [1.807, 2.05) is 0 Å². The molecule has 0 aromatic rings. The van der Waals surface area contributed by atoms with Gasteiger partial charge in [0.25, 0.3) is 0 Å². The monoisotopic (exact) mass is 296 g/mol. The molecule has 4 saturated carbocycles. The standard InChI is InChI=1S/C15H24.2C2H6O/c1-3-11-8(2)12-7-13(11)15-10-5-4-9(6-10)14(12)15;2*1-2-3/h8-15H,3-7H2,1-2H3;2*3H,2H2,1H3. The van der Waals surface area contributed by atoms with Crippen molar-refractivity contribution in [1.29, 1.82) is 0 Å². The van der Waals surface area contributed by atoms with Gasteiger partial charge < -0.3 is 10.2 Å². The summed E-state index contributed by atoms with van der Waals surface area (Å²) >= 11 is 0. The lowest BCUT2D eigenvalue weighted by Crippen LogP contribution is -2.36. The minimum atomic E-state index is 0.250. The first-order valence-corrected chi connectivity index (χ1v) is 9.36. The Morgan fingerprint density at radius 3 is 1.76 bits per heavy atom. The van der Waals surface area contributed by atoms with Crippen molar-refractivity contribution >= 4 is 0 Å². The van der Waals surface area contributed by atoms with Crippen LogP contribution < -0.4 is 0 Å². The average molecular weight is 296 g/mol. The number of aliphatic hydroxyl groups excluding tert-OH is 2. The van der Waals surface area contributed by atoms with Crippen molar-refractivity contribution in [3.8, 4) is 0 Å². The maximum Gasteiger partial charge on any atom is 0.0402 e. The summed E-state index contributed by atoms with van der Waals surface area (Å²) in [5.74, 6) is 9.25. The third kappa shape index (κ3) is 2.91. The maximum absolute atomic E-state index is 7.57. The summed E-state index contributed by atoms with van der Waals surface area (Å²) < 4.78 is 0. The molecule has 4 fully saturated rings. The Balaban J connectivity index is 0.000000236. The SMILES string of the molecule is CCC1C(C)C2CC1C1C3CCC(C3)C21.CCO.CCO. The van der Waals surface area contributed by atoms with Crippen LogP contribution in [0.15, 0.2) is 0 Å². The molecule has 0 aromatic carbocycles. The first-order chi connectivity index (χ1) is 10.1. The number of aliphatic hydroxyl groups is 2. The topological polar surface area (TPSA) is 40.5 Å². The minimum absolute atomic E-state index is 0.250. The first kappa shape index (κ1) is 17.3. The molecule has 0 radical (unpaired) electrons. The molecule has 0 aromatic heterocycles. The maximum atomic E-state index is 7.57. The highest BCUT2D eigenvalue weighted by atomic mass is 16.3. The largest absolute Gasteiger partial charge is 0.397 e. The zero-order chi connectivity index (χ0) is 15.6. The van der Waals surface area contributed by atoms with Crippen LogP contribution in [0.4, 0.5) is 0 Å². The lowest BCUT2D eigenvalue weighted by atomic mass is 9.63. The van der Waals surface area contributed by atoms with Gasteiger partial charge in [-0.2, -0.15) is 0 Å². The van der Waals surface area contributed by atoms with Gasteiger partial charge in [0, 0.05) is 13.2 Å². The molecule has 0 aliphatic heterocycles. The summed E-state index contributed by atoms with van der Waals surface area (Å²) in [6, 6.07) is 0. The lowest BCUT2D eigenvalue weighted by Gasteiger charge is -2.42.